The first kappa shape index (κ1) is 25.0. The van der Waals surface area contributed by atoms with Crippen molar-refractivity contribution in [3.8, 4) is 0 Å². The minimum absolute atomic E-state index is 0. The predicted octanol–water partition coefficient (Wildman–Crippen LogP) is 0.789. The average Bonchev–Trinajstić information content (AvgIpc) is 2.57. The van der Waals surface area contributed by atoms with Crippen molar-refractivity contribution >= 4 is 64.4 Å². The predicted molar refractivity (Wildman–Crippen MR) is 109 cm³/mol. The molecular formula is C14H22ClN3O5S3. The van der Waals surface area contributed by atoms with E-state index in [9.17, 15) is 18.0 Å². The molecule has 1 aromatic rings. The standard InChI is InChI=1S/C14H21N3O5S3.ClH/c1-24-7-6-12(14(19)20)17-25(21,22)10-4-2-9(3-5-10)16-13(18)11(15)8-23;/h2-5,11-12,17,23H,6-8,15H2,1H3,(H,16,18)(H,19,20);1H/t11-,12-;/m0./s1. The first-order valence-electron chi connectivity index (χ1n) is 7.22. The van der Waals surface area contributed by atoms with E-state index in [1.54, 1.807) is 6.26 Å². The zero-order valence-corrected chi connectivity index (χ0v) is 17.3. The number of hydrogen-bond acceptors (Lipinski definition) is 7. The van der Waals surface area contributed by atoms with Crippen LogP contribution in [0.5, 0.6) is 0 Å². The Bertz CT molecular complexity index is 700. The Hall–Kier alpha value is -0.980. The Labute approximate surface area is 168 Å². The van der Waals surface area contributed by atoms with E-state index >= 15 is 0 Å². The van der Waals surface area contributed by atoms with Gasteiger partial charge in [0.15, 0.2) is 0 Å². The molecule has 5 N–H and O–H groups in total. The van der Waals surface area contributed by atoms with Crippen molar-refractivity contribution < 1.29 is 23.1 Å². The SMILES string of the molecule is CSCC[C@H](NS(=O)(=O)c1ccc(NC(=O)[C@@H](N)CS)cc1)C(=O)O.Cl. The largest absolute Gasteiger partial charge is 0.480 e. The fraction of sp³-hybridized carbons (Fsp3) is 0.429. The number of carbonyl (C=O) groups is 2. The van der Waals surface area contributed by atoms with Gasteiger partial charge in [-0.1, -0.05) is 0 Å². The first-order valence-corrected chi connectivity index (χ1v) is 10.7. The maximum Gasteiger partial charge on any atom is 0.321 e. The number of carboxylic acids is 1. The van der Waals surface area contributed by atoms with Gasteiger partial charge < -0.3 is 16.2 Å². The number of thiol groups is 1. The summed E-state index contributed by atoms with van der Waals surface area (Å²) < 4.78 is 26.8. The van der Waals surface area contributed by atoms with Gasteiger partial charge in [0.1, 0.15) is 6.04 Å². The molecule has 0 bridgehead atoms. The molecule has 0 unspecified atom stereocenters. The van der Waals surface area contributed by atoms with Crippen LogP contribution < -0.4 is 15.8 Å². The van der Waals surface area contributed by atoms with Crippen LogP contribution in [0.2, 0.25) is 0 Å². The molecule has 2 atom stereocenters. The first-order chi connectivity index (χ1) is 11.7. The third-order valence-corrected chi connectivity index (χ3v) is 5.70. The Morgan fingerprint density at radius 1 is 1.31 bits per heavy atom. The van der Waals surface area contributed by atoms with Gasteiger partial charge in [-0.25, -0.2) is 8.42 Å². The van der Waals surface area contributed by atoms with Gasteiger partial charge in [-0.05, 0) is 42.7 Å². The van der Waals surface area contributed by atoms with Crippen LogP contribution in [0.15, 0.2) is 29.2 Å². The van der Waals surface area contributed by atoms with Crippen LogP contribution in [0.3, 0.4) is 0 Å². The fourth-order valence-electron chi connectivity index (χ4n) is 1.76. The number of nitrogens with two attached hydrogens (primary N) is 1. The second-order valence-corrected chi connectivity index (χ2v) is 8.16. The van der Waals surface area contributed by atoms with Crippen molar-refractivity contribution in [1.29, 1.82) is 0 Å². The highest BCUT2D eigenvalue weighted by atomic mass is 35.5. The highest BCUT2D eigenvalue weighted by molar-refractivity contribution is 7.98. The number of amides is 1. The lowest BCUT2D eigenvalue weighted by molar-refractivity contribution is -0.139. The molecule has 1 aromatic carbocycles. The molecule has 0 aromatic heterocycles. The van der Waals surface area contributed by atoms with E-state index in [0.717, 1.165) is 0 Å². The number of benzene rings is 1. The summed E-state index contributed by atoms with van der Waals surface area (Å²) in [6.07, 6.45) is 1.98. The molecule has 0 heterocycles. The molecule has 0 fully saturated rings. The van der Waals surface area contributed by atoms with E-state index in [0.29, 0.717) is 11.4 Å². The summed E-state index contributed by atoms with van der Waals surface area (Å²) in [5.74, 6) is -0.987. The molecule has 0 aliphatic heterocycles. The monoisotopic (exact) mass is 443 g/mol. The minimum atomic E-state index is -3.99. The number of nitrogens with one attached hydrogen (secondary N) is 2. The Balaban J connectivity index is 0.00000625. The molecule has 0 saturated heterocycles. The van der Waals surface area contributed by atoms with Crippen LogP contribution in [0, 0.1) is 0 Å². The topological polar surface area (TPSA) is 139 Å². The maximum atomic E-state index is 12.3. The van der Waals surface area contributed by atoms with Gasteiger partial charge in [0.05, 0.1) is 10.9 Å². The number of carbonyl (C=O) groups excluding carboxylic acids is 1. The van der Waals surface area contributed by atoms with Gasteiger partial charge in [-0.15, -0.1) is 12.4 Å². The number of halogens is 1. The Morgan fingerprint density at radius 2 is 1.88 bits per heavy atom. The summed E-state index contributed by atoms with van der Waals surface area (Å²) in [4.78, 5) is 22.7. The Morgan fingerprint density at radius 3 is 2.35 bits per heavy atom. The Kier molecular flexibility index (Phi) is 11.2. The summed E-state index contributed by atoms with van der Waals surface area (Å²) in [5, 5.41) is 11.7. The van der Waals surface area contributed by atoms with Gasteiger partial charge in [-0.3, -0.25) is 9.59 Å². The van der Waals surface area contributed by atoms with Gasteiger partial charge in [0.25, 0.3) is 0 Å². The van der Waals surface area contributed by atoms with Crippen LogP contribution in [0.4, 0.5) is 5.69 Å². The molecule has 0 spiro atoms. The quantitative estimate of drug-likeness (QED) is 0.337. The smallest absolute Gasteiger partial charge is 0.321 e. The van der Waals surface area contributed by atoms with E-state index in [2.05, 4.69) is 22.7 Å². The molecule has 0 aliphatic carbocycles. The van der Waals surface area contributed by atoms with Crippen LogP contribution in [-0.4, -0.2) is 55.2 Å². The number of anilines is 1. The van der Waals surface area contributed by atoms with E-state index in [1.165, 1.54) is 36.0 Å². The van der Waals surface area contributed by atoms with Crippen molar-refractivity contribution in [2.24, 2.45) is 5.73 Å². The number of hydrogen-bond donors (Lipinski definition) is 5. The molecule has 0 saturated carbocycles. The lowest BCUT2D eigenvalue weighted by Gasteiger charge is -2.15. The van der Waals surface area contributed by atoms with Crippen LogP contribution >= 0.6 is 36.8 Å². The molecule has 1 amide bonds. The zero-order valence-electron chi connectivity index (χ0n) is 13.9. The summed E-state index contributed by atoms with van der Waals surface area (Å²) in [7, 11) is -3.99. The minimum Gasteiger partial charge on any atom is -0.480 e. The van der Waals surface area contributed by atoms with Gasteiger partial charge >= 0.3 is 5.97 Å². The second kappa shape index (κ2) is 11.7. The second-order valence-electron chi connectivity index (χ2n) is 5.10. The number of thioether (sulfide) groups is 1. The molecule has 0 radical (unpaired) electrons. The molecule has 148 valence electrons. The summed E-state index contributed by atoms with van der Waals surface area (Å²) in [6.45, 7) is 0. The number of sulfonamides is 1. The lowest BCUT2D eigenvalue weighted by atomic mass is 10.2. The molecular weight excluding hydrogens is 422 g/mol. The van der Waals surface area contributed by atoms with Crippen molar-refractivity contribution in [2.45, 2.75) is 23.4 Å². The average molecular weight is 444 g/mol. The molecule has 1 rings (SSSR count). The van der Waals surface area contributed by atoms with E-state index in [4.69, 9.17) is 10.8 Å². The van der Waals surface area contributed by atoms with Gasteiger partial charge in [0.2, 0.25) is 15.9 Å². The van der Waals surface area contributed by atoms with Crippen molar-refractivity contribution in [3.05, 3.63) is 24.3 Å². The van der Waals surface area contributed by atoms with Crippen LogP contribution in [0.1, 0.15) is 6.42 Å². The normalized spacial score (nSPS) is 13.3. The zero-order chi connectivity index (χ0) is 19.0. The van der Waals surface area contributed by atoms with Gasteiger partial charge in [-0.2, -0.15) is 29.1 Å². The lowest BCUT2D eigenvalue weighted by Crippen LogP contribution is -2.41. The maximum absolute atomic E-state index is 12.3. The summed E-state index contributed by atoms with van der Waals surface area (Å²) in [6, 6.07) is 3.37. The van der Waals surface area contributed by atoms with E-state index < -0.39 is 34.0 Å². The summed E-state index contributed by atoms with van der Waals surface area (Å²) in [5.41, 5.74) is 5.91. The van der Waals surface area contributed by atoms with Crippen molar-refractivity contribution in [3.63, 3.8) is 0 Å². The third kappa shape index (κ3) is 7.72. The van der Waals surface area contributed by atoms with Gasteiger partial charge in [0, 0.05) is 11.4 Å². The van der Waals surface area contributed by atoms with E-state index in [1.807, 2.05) is 0 Å². The molecule has 8 nitrogen and oxygen atoms in total. The number of aliphatic carboxylic acids is 1. The highest BCUT2D eigenvalue weighted by Gasteiger charge is 2.25. The fourth-order valence-corrected chi connectivity index (χ4v) is 3.62. The molecule has 0 aliphatic rings. The van der Waals surface area contributed by atoms with E-state index in [-0.39, 0.29) is 29.5 Å². The van der Waals surface area contributed by atoms with Crippen LogP contribution in [-0.2, 0) is 19.6 Å². The molecule has 12 heteroatoms. The van der Waals surface area contributed by atoms with Crippen molar-refractivity contribution in [2.75, 3.05) is 23.1 Å². The number of rotatable bonds is 10. The molecule has 26 heavy (non-hydrogen) atoms. The highest BCUT2D eigenvalue weighted by Crippen LogP contribution is 2.15. The third-order valence-electron chi connectivity index (χ3n) is 3.17. The van der Waals surface area contributed by atoms with Crippen molar-refractivity contribution in [1.82, 2.24) is 4.72 Å². The summed E-state index contributed by atoms with van der Waals surface area (Å²) >= 11 is 5.35. The number of carboxylic acid groups (broad SMARTS) is 1. The van der Waals surface area contributed by atoms with Crippen LogP contribution in [0.25, 0.3) is 0 Å².